The molecule has 1 aliphatic heterocycles. The molecular formula is C17H11N3O2. The Morgan fingerprint density at radius 1 is 1.09 bits per heavy atom. The van der Waals surface area contributed by atoms with Gasteiger partial charge in [-0.15, -0.1) is 0 Å². The van der Waals surface area contributed by atoms with Crippen molar-refractivity contribution >= 4 is 22.3 Å². The van der Waals surface area contributed by atoms with Gasteiger partial charge in [-0.3, -0.25) is 4.98 Å². The van der Waals surface area contributed by atoms with E-state index >= 15 is 0 Å². The fraction of sp³-hybridized carbons (Fsp3) is 0.0588. The number of nitrogens with zero attached hydrogens (tertiary/aromatic N) is 2. The molecule has 0 radical (unpaired) electrons. The Hall–Kier alpha value is -3.26. The highest BCUT2D eigenvalue weighted by Crippen LogP contribution is 2.41. The number of para-hydroxylation sites is 2. The predicted octanol–water partition coefficient (Wildman–Crippen LogP) is 3.58. The molecule has 4 rings (SSSR count). The van der Waals surface area contributed by atoms with E-state index in [1.54, 1.807) is 6.20 Å². The molecule has 0 aliphatic carbocycles. The fourth-order valence-electron chi connectivity index (χ4n) is 2.52. The van der Waals surface area contributed by atoms with E-state index in [1.807, 2.05) is 42.5 Å². The molecular weight excluding hydrogens is 278 g/mol. The lowest BCUT2D eigenvalue weighted by molar-refractivity contribution is 0.174. The number of ether oxygens (including phenoxy) is 2. The van der Waals surface area contributed by atoms with Gasteiger partial charge in [0.05, 0.1) is 22.5 Å². The fourth-order valence-corrected chi connectivity index (χ4v) is 2.52. The van der Waals surface area contributed by atoms with E-state index in [2.05, 4.69) is 16.4 Å². The van der Waals surface area contributed by atoms with Gasteiger partial charge in [0.25, 0.3) is 0 Å². The molecule has 1 N–H and O–H groups in total. The zero-order valence-electron chi connectivity index (χ0n) is 11.5. The Kier molecular flexibility index (Phi) is 2.80. The van der Waals surface area contributed by atoms with E-state index in [1.165, 1.54) is 0 Å². The van der Waals surface area contributed by atoms with Crippen molar-refractivity contribution in [2.75, 3.05) is 12.1 Å². The number of nitrogens with one attached hydrogen (secondary N) is 1. The van der Waals surface area contributed by atoms with E-state index in [4.69, 9.17) is 9.47 Å². The van der Waals surface area contributed by atoms with Crippen LogP contribution in [-0.2, 0) is 0 Å². The minimum absolute atomic E-state index is 0.205. The average molecular weight is 289 g/mol. The number of fused-ring (bicyclic) bond motifs is 2. The topological polar surface area (TPSA) is 67.2 Å². The van der Waals surface area contributed by atoms with Crippen LogP contribution in [0.2, 0.25) is 0 Å². The lowest BCUT2D eigenvalue weighted by atomic mass is 10.1. The normalized spacial score (nSPS) is 12.1. The summed E-state index contributed by atoms with van der Waals surface area (Å²) in [5.41, 5.74) is 2.80. The number of pyridine rings is 1. The van der Waals surface area contributed by atoms with Crippen LogP contribution in [-0.4, -0.2) is 11.8 Å². The van der Waals surface area contributed by atoms with Gasteiger partial charge in [-0.25, -0.2) is 0 Å². The molecule has 0 bridgehead atoms. The molecule has 0 fully saturated rings. The molecule has 22 heavy (non-hydrogen) atoms. The molecule has 0 atom stereocenters. The van der Waals surface area contributed by atoms with E-state index < -0.39 is 0 Å². The zero-order chi connectivity index (χ0) is 14.9. The van der Waals surface area contributed by atoms with Crippen LogP contribution in [0.5, 0.6) is 11.5 Å². The molecule has 1 aromatic heterocycles. The van der Waals surface area contributed by atoms with Gasteiger partial charge in [-0.2, -0.15) is 5.26 Å². The van der Waals surface area contributed by atoms with E-state index in [0.717, 1.165) is 22.3 Å². The molecule has 0 unspecified atom stereocenters. The Bertz CT molecular complexity index is 915. The van der Waals surface area contributed by atoms with Crippen LogP contribution >= 0.6 is 0 Å². The number of benzene rings is 2. The van der Waals surface area contributed by atoms with Gasteiger partial charge in [0.2, 0.25) is 6.79 Å². The Labute approximate surface area is 126 Å². The Morgan fingerprint density at radius 2 is 2.00 bits per heavy atom. The zero-order valence-corrected chi connectivity index (χ0v) is 11.5. The second-order valence-corrected chi connectivity index (χ2v) is 4.84. The van der Waals surface area contributed by atoms with Crippen molar-refractivity contribution in [1.82, 2.24) is 4.98 Å². The second-order valence-electron chi connectivity index (χ2n) is 4.84. The summed E-state index contributed by atoms with van der Waals surface area (Å²) in [6.45, 7) is 0.205. The highest BCUT2D eigenvalue weighted by molar-refractivity contribution is 5.96. The molecule has 5 heteroatoms. The first-order chi connectivity index (χ1) is 10.9. The van der Waals surface area contributed by atoms with Crippen LogP contribution < -0.4 is 14.8 Å². The van der Waals surface area contributed by atoms with Gasteiger partial charge in [-0.1, -0.05) is 24.3 Å². The quantitative estimate of drug-likeness (QED) is 0.781. The van der Waals surface area contributed by atoms with Crippen LogP contribution in [0.1, 0.15) is 5.56 Å². The SMILES string of the molecule is N#Cc1cnc2ccccc2c1Nc1cccc2c1OCO2. The summed E-state index contributed by atoms with van der Waals surface area (Å²) in [4.78, 5) is 4.31. The monoisotopic (exact) mass is 289 g/mol. The first-order valence-electron chi connectivity index (χ1n) is 6.80. The first kappa shape index (κ1) is 12.5. The van der Waals surface area contributed by atoms with Crippen molar-refractivity contribution in [2.45, 2.75) is 0 Å². The lowest BCUT2D eigenvalue weighted by Crippen LogP contribution is -1.98. The third-order valence-electron chi connectivity index (χ3n) is 3.55. The minimum atomic E-state index is 0.205. The van der Waals surface area contributed by atoms with Gasteiger partial charge in [-0.05, 0) is 18.2 Å². The summed E-state index contributed by atoms with van der Waals surface area (Å²) in [6, 6.07) is 15.5. The van der Waals surface area contributed by atoms with E-state index in [0.29, 0.717) is 17.1 Å². The average Bonchev–Trinajstić information content (AvgIpc) is 3.05. The number of aromatic nitrogens is 1. The van der Waals surface area contributed by atoms with Crippen LogP contribution in [0.3, 0.4) is 0 Å². The van der Waals surface area contributed by atoms with E-state index in [9.17, 15) is 5.26 Å². The van der Waals surface area contributed by atoms with Gasteiger partial charge >= 0.3 is 0 Å². The molecule has 2 heterocycles. The van der Waals surface area contributed by atoms with Crippen molar-refractivity contribution in [3.63, 3.8) is 0 Å². The van der Waals surface area contributed by atoms with Crippen LogP contribution in [0.25, 0.3) is 10.9 Å². The summed E-state index contributed by atoms with van der Waals surface area (Å²) in [5, 5.41) is 13.5. The maximum atomic E-state index is 9.36. The summed E-state index contributed by atoms with van der Waals surface area (Å²) in [6.07, 6.45) is 1.57. The third kappa shape index (κ3) is 1.90. The van der Waals surface area contributed by atoms with Crippen molar-refractivity contribution < 1.29 is 9.47 Å². The summed E-state index contributed by atoms with van der Waals surface area (Å²) >= 11 is 0. The predicted molar refractivity (Wildman–Crippen MR) is 82.3 cm³/mol. The van der Waals surface area contributed by atoms with Gasteiger partial charge < -0.3 is 14.8 Å². The standard InChI is InChI=1S/C17H11N3O2/c18-8-11-9-19-13-5-2-1-4-12(13)16(11)20-14-6-3-7-15-17(14)22-10-21-15/h1-7,9H,10H2,(H,19,20). The molecule has 106 valence electrons. The van der Waals surface area contributed by atoms with Gasteiger partial charge in [0.1, 0.15) is 6.07 Å². The lowest BCUT2D eigenvalue weighted by Gasteiger charge is -2.12. The number of nitriles is 1. The molecule has 0 saturated carbocycles. The highest BCUT2D eigenvalue weighted by Gasteiger charge is 2.19. The third-order valence-corrected chi connectivity index (χ3v) is 3.55. The highest BCUT2D eigenvalue weighted by atomic mass is 16.7. The Balaban J connectivity index is 1.89. The molecule has 2 aromatic carbocycles. The van der Waals surface area contributed by atoms with Crippen LogP contribution in [0.4, 0.5) is 11.4 Å². The van der Waals surface area contributed by atoms with Crippen molar-refractivity contribution in [3.8, 4) is 17.6 Å². The van der Waals surface area contributed by atoms with Crippen molar-refractivity contribution in [3.05, 3.63) is 54.2 Å². The maximum Gasteiger partial charge on any atom is 0.231 e. The largest absolute Gasteiger partial charge is 0.454 e. The summed E-state index contributed by atoms with van der Waals surface area (Å²) < 4.78 is 10.9. The van der Waals surface area contributed by atoms with Crippen molar-refractivity contribution in [1.29, 1.82) is 5.26 Å². The number of hydrogen-bond acceptors (Lipinski definition) is 5. The smallest absolute Gasteiger partial charge is 0.231 e. The number of rotatable bonds is 2. The molecule has 0 saturated heterocycles. The molecule has 1 aliphatic rings. The maximum absolute atomic E-state index is 9.36. The minimum Gasteiger partial charge on any atom is -0.454 e. The van der Waals surface area contributed by atoms with Crippen LogP contribution in [0, 0.1) is 11.3 Å². The Morgan fingerprint density at radius 3 is 2.91 bits per heavy atom. The van der Waals surface area contributed by atoms with Crippen molar-refractivity contribution in [2.24, 2.45) is 0 Å². The number of hydrogen-bond donors (Lipinski definition) is 1. The molecule has 0 spiro atoms. The molecule has 3 aromatic rings. The van der Waals surface area contributed by atoms with Crippen LogP contribution in [0.15, 0.2) is 48.7 Å². The first-order valence-corrected chi connectivity index (χ1v) is 6.80. The van der Waals surface area contributed by atoms with Gasteiger partial charge in [0.15, 0.2) is 11.5 Å². The summed E-state index contributed by atoms with van der Waals surface area (Å²) in [7, 11) is 0. The molecule has 5 nitrogen and oxygen atoms in total. The second kappa shape index (κ2) is 4.93. The summed E-state index contributed by atoms with van der Waals surface area (Å²) in [5.74, 6) is 1.36. The molecule has 0 amide bonds. The number of anilines is 2. The van der Waals surface area contributed by atoms with E-state index in [-0.39, 0.29) is 6.79 Å². The van der Waals surface area contributed by atoms with Gasteiger partial charge in [0, 0.05) is 11.6 Å².